The van der Waals surface area contributed by atoms with E-state index in [0.717, 1.165) is 19.3 Å². The molecule has 3 atom stereocenters. The molecule has 0 radical (unpaired) electrons. The molecule has 0 aromatic heterocycles. The molecule has 2 bridgehead atoms. The number of nitrogens with one attached hydrogen (secondary N) is 1. The molecule has 2 heterocycles. The molecule has 1 N–H and O–H groups in total. The second-order valence-corrected chi connectivity index (χ2v) is 13.8. The fraction of sp³-hybridized carbons (Fsp3) is 0.485. The first-order valence-electron chi connectivity index (χ1n) is 13.5. The van der Waals surface area contributed by atoms with E-state index in [9.17, 15) is 0 Å². The van der Waals surface area contributed by atoms with Gasteiger partial charge in [-0.15, -0.1) is 0 Å². The van der Waals surface area contributed by atoms with Crippen LogP contribution in [0.4, 0.5) is 0 Å². The highest BCUT2D eigenvalue weighted by atomic mass is 15.2. The Kier molecular flexibility index (Phi) is 3.73. The average Bonchev–Trinajstić information content (AvgIpc) is 3.49. The van der Waals surface area contributed by atoms with Crippen LogP contribution in [0.2, 0.25) is 0 Å². The van der Waals surface area contributed by atoms with E-state index < -0.39 is 0 Å². The smallest absolute Gasteiger partial charge is 0.0745 e. The van der Waals surface area contributed by atoms with Crippen molar-refractivity contribution in [1.82, 2.24) is 5.32 Å². The minimum atomic E-state index is -0.172. The lowest BCUT2D eigenvalue weighted by Crippen LogP contribution is -2.56. The zero-order valence-electron chi connectivity index (χ0n) is 22.6. The number of allylic oxidation sites excluding steroid dienone is 4. The SMILES string of the molecule is CCC12CC13NC1=C(N=C4C(CC(C)(C)C)=CC=CC43C)C(C)(C)c3cccc4c(C)cc2c1c34. The zero-order chi connectivity index (χ0) is 24.8. The highest BCUT2D eigenvalue weighted by Gasteiger charge is 2.78. The van der Waals surface area contributed by atoms with Crippen LogP contribution in [0.25, 0.3) is 16.5 Å². The Bertz CT molecular complexity index is 1490. The van der Waals surface area contributed by atoms with Crippen molar-refractivity contribution < 1.29 is 0 Å². The Morgan fingerprint density at radius 3 is 2.57 bits per heavy atom. The van der Waals surface area contributed by atoms with Crippen molar-refractivity contribution in [3.05, 3.63) is 76.0 Å². The molecule has 2 heteroatoms. The van der Waals surface area contributed by atoms with Gasteiger partial charge in [0.25, 0.3) is 0 Å². The molecule has 2 aliphatic heterocycles. The molecule has 1 spiro atoms. The van der Waals surface area contributed by atoms with Crippen LogP contribution in [0, 0.1) is 17.8 Å². The molecule has 1 fully saturated rings. The molecule has 35 heavy (non-hydrogen) atoms. The maximum atomic E-state index is 5.75. The second-order valence-electron chi connectivity index (χ2n) is 13.8. The van der Waals surface area contributed by atoms with E-state index >= 15 is 0 Å². The standard InChI is InChI=1S/C33H38N2/c1-9-32-18-33(32)31(8)15-11-12-20(17-29(3,4)5)27(31)34-28-26(35-33)25-23(32)16-19(2)21-13-10-14-22(24(21)25)30(28,6)7/h10-16,35H,9,17-18H2,1-8H3. The van der Waals surface area contributed by atoms with Crippen molar-refractivity contribution in [2.45, 2.75) is 91.0 Å². The Morgan fingerprint density at radius 2 is 1.86 bits per heavy atom. The summed E-state index contributed by atoms with van der Waals surface area (Å²) in [5.74, 6) is 0. The summed E-state index contributed by atoms with van der Waals surface area (Å²) in [5, 5.41) is 7.15. The van der Waals surface area contributed by atoms with Crippen molar-refractivity contribution in [1.29, 1.82) is 0 Å². The van der Waals surface area contributed by atoms with Crippen LogP contribution >= 0.6 is 0 Å². The molecule has 5 aliphatic rings. The maximum Gasteiger partial charge on any atom is 0.0745 e. The Balaban J connectivity index is 1.64. The zero-order valence-corrected chi connectivity index (χ0v) is 22.6. The van der Waals surface area contributed by atoms with E-state index in [1.54, 1.807) is 5.56 Å². The highest BCUT2D eigenvalue weighted by Crippen LogP contribution is 2.74. The van der Waals surface area contributed by atoms with Crippen molar-refractivity contribution in [2.24, 2.45) is 15.8 Å². The monoisotopic (exact) mass is 462 g/mol. The quantitative estimate of drug-likeness (QED) is 0.482. The minimum absolute atomic E-state index is 0.0337. The van der Waals surface area contributed by atoms with Gasteiger partial charge in [-0.05, 0) is 71.6 Å². The van der Waals surface area contributed by atoms with E-state index in [0.29, 0.717) is 0 Å². The molecule has 2 aromatic rings. The predicted molar refractivity (Wildman–Crippen MR) is 148 cm³/mol. The van der Waals surface area contributed by atoms with E-state index in [-0.39, 0.29) is 27.2 Å². The Hall–Kier alpha value is -2.61. The largest absolute Gasteiger partial charge is 0.375 e. The summed E-state index contributed by atoms with van der Waals surface area (Å²) in [5.41, 5.74) is 11.1. The number of aliphatic imine (C=N–C) groups is 1. The van der Waals surface area contributed by atoms with Gasteiger partial charge < -0.3 is 5.32 Å². The topological polar surface area (TPSA) is 24.4 Å². The first-order valence-corrected chi connectivity index (χ1v) is 13.5. The number of nitrogens with zero attached hydrogens (tertiary/aromatic N) is 1. The lowest BCUT2D eigenvalue weighted by Gasteiger charge is -2.47. The maximum absolute atomic E-state index is 5.75. The summed E-state index contributed by atoms with van der Waals surface area (Å²) in [4.78, 5) is 5.75. The lowest BCUT2D eigenvalue weighted by molar-refractivity contribution is 0.323. The normalized spacial score (nSPS) is 33.0. The van der Waals surface area contributed by atoms with Gasteiger partial charge in [0, 0.05) is 16.4 Å². The molecule has 3 aliphatic carbocycles. The molecule has 180 valence electrons. The summed E-state index contributed by atoms with van der Waals surface area (Å²) in [6.07, 6.45) is 10.5. The fourth-order valence-corrected chi connectivity index (χ4v) is 8.43. The van der Waals surface area contributed by atoms with Crippen LogP contribution in [0.5, 0.6) is 0 Å². The van der Waals surface area contributed by atoms with Gasteiger partial charge in [-0.2, -0.15) is 0 Å². The van der Waals surface area contributed by atoms with Gasteiger partial charge in [0.05, 0.1) is 28.1 Å². The van der Waals surface area contributed by atoms with E-state index in [1.807, 2.05) is 0 Å². The lowest BCUT2D eigenvalue weighted by atomic mass is 9.62. The number of benzene rings is 2. The molecular formula is C33H38N2. The molecule has 2 nitrogen and oxygen atoms in total. The number of rotatable bonds is 2. The van der Waals surface area contributed by atoms with Crippen molar-refractivity contribution in [3.8, 4) is 0 Å². The van der Waals surface area contributed by atoms with Crippen molar-refractivity contribution in [3.63, 3.8) is 0 Å². The summed E-state index contributed by atoms with van der Waals surface area (Å²) in [6.45, 7) is 19.0. The van der Waals surface area contributed by atoms with Gasteiger partial charge in [-0.25, -0.2) is 0 Å². The molecule has 2 aromatic carbocycles. The van der Waals surface area contributed by atoms with Gasteiger partial charge in [-0.1, -0.05) is 84.0 Å². The third kappa shape index (κ3) is 2.27. The number of fused-ring (bicyclic) bond motifs is 2. The highest BCUT2D eigenvalue weighted by molar-refractivity contribution is 6.13. The second kappa shape index (κ2) is 6.02. The van der Waals surface area contributed by atoms with Crippen molar-refractivity contribution in [2.75, 3.05) is 0 Å². The molecule has 0 amide bonds. The summed E-state index contributed by atoms with van der Waals surface area (Å²) < 4.78 is 0. The van der Waals surface area contributed by atoms with Gasteiger partial charge in [0.1, 0.15) is 0 Å². The average molecular weight is 463 g/mol. The molecule has 0 saturated heterocycles. The van der Waals surface area contributed by atoms with E-state index in [4.69, 9.17) is 4.99 Å². The fourth-order valence-electron chi connectivity index (χ4n) is 8.43. The van der Waals surface area contributed by atoms with Crippen LogP contribution in [-0.4, -0.2) is 11.3 Å². The van der Waals surface area contributed by atoms with E-state index in [1.165, 1.54) is 50.1 Å². The number of hydrogen-bond acceptors (Lipinski definition) is 2. The summed E-state index contributed by atoms with van der Waals surface area (Å²) in [7, 11) is 0. The molecular weight excluding hydrogens is 424 g/mol. The van der Waals surface area contributed by atoms with Gasteiger partial charge in [0.2, 0.25) is 0 Å². The Labute approximate surface area is 210 Å². The van der Waals surface area contributed by atoms with Crippen LogP contribution < -0.4 is 5.32 Å². The summed E-state index contributed by atoms with van der Waals surface area (Å²) in [6, 6.07) is 9.46. The van der Waals surface area contributed by atoms with Crippen LogP contribution in [0.15, 0.2) is 58.8 Å². The third-order valence-corrected chi connectivity index (χ3v) is 10.2. The van der Waals surface area contributed by atoms with E-state index in [2.05, 4.69) is 103 Å². The van der Waals surface area contributed by atoms with Gasteiger partial charge in [-0.3, -0.25) is 4.99 Å². The summed E-state index contributed by atoms with van der Waals surface area (Å²) >= 11 is 0. The minimum Gasteiger partial charge on any atom is -0.375 e. The predicted octanol–water partition coefficient (Wildman–Crippen LogP) is 7.89. The molecule has 3 unspecified atom stereocenters. The molecule has 7 rings (SSSR count). The number of hydrogen-bond donors (Lipinski definition) is 1. The first-order chi connectivity index (χ1) is 16.4. The van der Waals surface area contributed by atoms with Crippen LogP contribution in [-0.2, 0) is 10.8 Å². The van der Waals surface area contributed by atoms with Crippen LogP contribution in [0.3, 0.4) is 0 Å². The van der Waals surface area contributed by atoms with Crippen LogP contribution in [0.1, 0.15) is 90.0 Å². The van der Waals surface area contributed by atoms with Gasteiger partial charge >= 0.3 is 0 Å². The number of aryl methyl sites for hydroxylation is 1. The first kappa shape index (κ1) is 21.7. The molecule has 1 saturated carbocycles. The van der Waals surface area contributed by atoms with Gasteiger partial charge in [0.15, 0.2) is 0 Å². The Morgan fingerprint density at radius 1 is 1.09 bits per heavy atom. The third-order valence-electron chi connectivity index (χ3n) is 10.2. The van der Waals surface area contributed by atoms with Crippen molar-refractivity contribution >= 4 is 22.2 Å².